The lowest BCUT2D eigenvalue weighted by molar-refractivity contribution is -0.120. The Morgan fingerprint density at radius 3 is 2.14 bits per heavy atom. The zero-order valence-electron chi connectivity index (χ0n) is 8.56. The molecular weight excluding hydrogens is 204 g/mol. The van der Waals surface area contributed by atoms with Gasteiger partial charge in [0.1, 0.15) is 0 Å². The first-order valence-corrected chi connectivity index (χ1v) is 6.30. The van der Waals surface area contributed by atoms with Crippen molar-refractivity contribution in [1.29, 1.82) is 0 Å². The van der Waals surface area contributed by atoms with Crippen LogP contribution in [-0.4, -0.2) is 32.4 Å². The van der Waals surface area contributed by atoms with Gasteiger partial charge in [-0.25, -0.2) is 8.42 Å². The van der Waals surface area contributed by atoms with Crippen LogP contribution in [0.15, 0.2) is 0 Å². The highest BCUT2D eigenvalue weighted by Crippen LogP contribution is 2.05. The number of hydrogen-bond acceptors (Lipinski definition) is 4. The van der Waals surface area contributed by atoms with Crippen LogP contribution in [0.4, 0.5) is 0 Å². The van der Waals surface area contributed by atoms with Gasteiger partial charge < -0.3 is 11.5 Å². The van der Waals surface area contributed by atoms with Gasteiger partial charge in [-0.2, -0.15) is 0 Å². The van der Waals surface area contributed by atoms with E-state index < -0.39 is 21.7 Å². The summed E-state index contributed by atoms with van der Waals surface area (Å²) in [6, 6.07) is 0. The molecule has 6 heteroatoms. The number of carbonyl (C=O) groups is 1. The fraction of sp³-hybridized carbons (Fsp3) is 0.875. The van der Waals surface area contributed by atoms with Crippen molar-refractivity contribution < 1.29 is 13.2 Å². The predicted molar refractivity (Wildman–Crippen MR) is 55.2 cm³/mol. The number of sulfone groups is 1. The average molecular weight is 222 g/mol. The number of primary amides is 1. The Bertz CT molecular complexity index is 287. The van der Waals surface area contributed by atoms with Crippen molar-refractivity contribution in [3.05, 3.63) is 0 Å². The number of carbonyl (C=O) groups excluding carboxylic acids is 1. The summed E-state index contributed by atoms with van der Waals surface area (Å²) in [6.45, 7) is 3.59. The summed E-state index contributed by atoms with van der Waals surface area (Å²) in [5.74, 6) is -1.48. The first-order valence-electron chi connectivity index (χ1n) is 4.48. The molecule has 84 valence electrons. The molecule has 0 aromatic heterocycles. The summed E-state index contributed by atoms with van der Waals surface area (Å²) >= 11 is 0. The van der Waals surface area contributed by atoms with Crippen LogP contribution < -0.4 is 11.5 Å². The van der Waals surface area contributed by atoms with E-state index >= 15 is 0 Å². The van der Waals surface area contributed by atoms with Gasteiger partial charge in [0.05, 0.1) is 11.5 Å². The Kier molecular flexibility index (Phi) is 5.07. The van der Waals surface area contributed by atoms with Crippen molar-refractivity contribution in [2.24, 2.45) is 23.3 Å². The molecular formula is C8H18N2O3S. The van der Waals surface area contributed by atoms with Crippen molar-refractivity contribution >= 4 is 15.7 Å². The molecule has 2 atom stereocenters. The molecule has 0 spiro atoms. The molecule has 0 saturated carbocycles. The van der Waals surface area contributed by atoms with Crippen molar-refractivity contribution in [3.8, 4) is 0 Å². The van der Waals surface area contributed by atoms with Gasteiger partial charge in [0.2, 0.25) is 5.91 Å². The van der Waals surface area contributed by atoms with Crippen molar-refractivity contribution in [1.82, 2.24) is 0 Å². The summed E-state index contributed by atoms with van der Waals surface area (Å²) in [7, 11) is -3.22. The van der Waals surface area contributed by atoms with Gasteiger partial charge in [-0.15, -0.1) is 0 Å². The molecule has 0 aromatic carbocycles. The van der Waals surface area contributed by atoms with E-state index in [0.29, 0.717) is 6.54 Å². The van der Waals surface area contributed by atoms with Crippen LogP contribution in [0.25, 0.3) is 0 Å². The molecule has 0 aliphatic heterocycles. The third-order valence-corrected chi connectivity index (χ3v) is 4.02. The molecule has 0 aliphatic carbocycles. The maximum Gasteiger partial charge on any atom is 0.221 e. The second-order valence-corrected chi connectivity index (χ2v) is 5.88. The summed E-state index contributed by atoms with van der Waals surface area (Å²) < 4.78 is 22.9. The molecule has 0 rings (SSSR count). The SMILES string of the molecule is CC(CN)CS(=O)(=O)CC(C)C(N)=O. The van der Waals surface area contributed by atoms with E-state index in [-0.39, 0.29) is 17.4 Å². The van der Waals surface area contributed by atoms with E-state index in [4.69, 9.17) is 11.5 Å². The van der Waals surface area contributed by atoms with Gasteiger partial charge in [0, 0.05) is 5.92 Å². The minimum atomic E-state index is -3.22. The van der Waals surface area contributed by atoms with E-state index in [0.717, 1.165) is 0 Å². The number of hydrogen-bond donors (Lipinski definition) is 2. The Morgan fingerprint density at radius 2 is 1.79 bits per heavy atom. The second-order valence-electron chi connectivity index (χ2n) is 3.72. The predicted octanol–water partition coefficient (Wildman–Crippen LogP) is -0.883. The van der Waals surface area contributed by atoms with Gasteiger partial charge in [-0.3, -0.25) is 4.79 Å². The highest BCUT2D eigenvalue weighted by Gasteiger charge is 2.21. The van der Waals surface area contributed by atoms with E-state index in [9.17, 15) is 13.2 Å². The zero-order valence-corrected chi connectivity index (χ0v) is 9.38. The highest BCUT2D eigenvalue weighted by molar-refractivity contribution is 7.91. The monoisotopic (exact) mass is 222 g/mol. The van der Waals surface area contributed by atoms with Crippen molar-refractivity contribution in [3.63, 3.8) is 0 Å². The molecule has 0 heterocycles. The fourth-order valence-corrected chi connectivity index (χ4v) is 3.10. The van der Waals surface area contributed by atoms with Crippen LogP contribution in [-0.2, 0) is 14.6 Å². The van der Waals surface area contributed by atoms with Crippen LogP contribution in [0, 0.1) is 11.8 Å². The van der Waals surface area contributed by atoms with Gasteiger partial charge in [0.25, 0.3) is 0 Å². The Hall–Kier alpha value is -0.620. The van der Waals surface area contributed by atoms with Crippen LogP contribution in [0.5, 0.6) is 0 Å². The van der Waals surface area contributed by atoms with Crippen LogP contribution in [0.1, 0.15) is 13.8 Å². The van der Waals surface area contributed by atoms with E-state index in [1.165, 1.54) is 6.92 Å². The second kappa shape index (κ2) is 5.31. The van der Waals surface area contributed by atoms with Crippen LogP contribution >= 0.6 is 0 Å². The van der Waals surface area contributed by atoms with Crippen molar-refractivity contribution in [2.75, 3.05) is 18.1 Å². The molecule has 0 bridgehead atoms. The normalized spacial score (nSPS) is 16.2. The van der Waals surface area contributed by atoms with Gasteiger partial charge >= 0.3 is 0 Å². The number of nitrogens with two attached hydrogens (primary N) is 2. The Morgan fingerprint density at radius 1 is 1.29 bits per heavy atom. The van der Waals surface area contributed by atoms with E-state index in [1.54, 1.807) is 6.92 Å². The van der Waals surface area contributed by atoms with E-state index in [1.807, 2.05) is 0 Å². The Balaban J connectivity index is 4.28. The molecule has 4 N–H and O–H groups in total. The molecule has 0 fully saturated rings. The third kappa shape index (κ3) is 5.18. The summed E-state index contributed by atoms with van der Waals surface area (Å²) in [5, 5.41) is 0. The standard InChI is InChI=1S/C8H18N2O3S/c1-6(3-9)4-14(12,13)5-7(2)8(10)11/h6-7H,3-5,9H2,1-2H3,(H2,10,11). The molecule has 0 radical (unpaired) electrons. The van der Waals surface area contributed by atoms with Crippen molar-refractivity contribution in [2.45, 2.75) is 13.8 Å². The quantitative estimate of drug-likeness (QED) is 0.609. The lowest BCUT2D eigenvalue weighted by Gasteiger charge is -2.11. The Labute approximate surface area is 84.8 Å². The maximum atomic E-state index is 11.5. The first kappa shape index (κ1) is 13.4. The minimum absolute atomic E-state index is 0.0150. The van der Waals surface area contributed by atoms with Gasteiger partial charge in [-0.05, 0) is 12.5 Å². The maximum absolute atomic E-state index is 11.5. The lowest BCUT2D eigenvalue weighted by Crippen LogP contribution is -2.31. The molecule has 14 heavy (non-hydrogen) atoms. The largest absolute Gasteiger partial charge is 0.369 e. The average Bonchev–Trinajstić information content (AvgIpc) is 2.02. The number of amides is 1. The summed E-state index contributed by atoms with van der Waals surface area (Å²) in [6.07, 6.45) is 0. The molecule has 1 amide bonds. The number of rotatable bonds is 6. The summed E-state index contributed by atoms with van der Waals surface area (Å²) in [4.78, 5) is 10.7. The van der Waals surface area contributed by atoms with Gasteiger partial charge in [-0.1, -0.05) is 13.8 Å². The molecule has 2 unspecified atom stereocenters. The topological polar surface area (TPSA) is 103 Å². The lowest BCUT2D eigenvalue weighted by atomic mass is 10.2. The molecule has 0 aromatic rings. The molecule has 0 aliphatic rings. The van der Waals surface area contributed by atoms with Gasteiger partial charge in [0.15, 0.2) is 9.84 Å². The molecule has 0 saturated heterocycles. The fourth-order valence-electron chi connectivity index (χ4n) is 1.03. The zero-order chi connectivity index (χ0) is 11.4. The smallest absolute Gasteiger partial charge is 0.221 e. The summed E-state index contributed by atoms with van der Waals surface area (Å²) in [5.41, 5.74) is 10.3. The highest BCUT2D eigenvalue weighted by atomic mass is 32.2. The van der Waals surface area contributed by atoms with E-state index in [2.05, 4.69) is 0 Å². The first-order chi connectivity index (χ1) is 6.28. The third-order valence-electron chi connectivity index (χ3n) is 1.93. The van der Waals surface area contributed by atoms with Crippen LogP contribution in [0.3, 0.4) is 0 Å². The van der Waals surface area contributed by atoms with Crippen LogP contribution in [0.2, 0.25) is 0 Å². The minimum Gasteiger partial charge on any atom is -0.369 e. The molecule has 5 nitrogen and oxygen atoms in total.